The maximum absolute atomic E-state index is 13.4. The Morgan fingerprint density at radius 1 is 1.38 bits per heavy atom. The first-order chi connectivity index (χ1) is 7.45. The van der Waals surface area contributed by atoms with Crippen LogP contribution in [0.15, 0.2) is 11.1 Å². The molecule has 0 fully saturated rings. The number of hydrogen-bond donors (Lipinski definition) is 2. The summed E-state index contributed by atoms with van der Waals surface area (Å²) in [4.78, 5) is 3.80. The lowest BCUT2D eigenvalue weighted by Crippen LogP contribution is -2.15. The molecule has 1 aromatic rings. The molecule has 0 spiro atoms. The largest absolute Gasteiger partial charge is 0.392 e. The number of hydrogen-bond acceptors (Lipinski definition) is 4. The molecule has 3 nitrogen and oxygen atoms in total. The third kappa shape index (κ3) is 3.05. The van der Waals surface area contributed by atoms with Crippen molar-refractivity contribution in [1.82, 2.24) is 4.98 Å². The number of halogens is 2. The molecule has 0 saturated carbocycles. The number of nitrogens with one attached hydrogen (secondary N) is 1. The van der Waals surface area contributed by atoms with E-state index in [-0.39, 0.29) is 16.1 Å². The SMILES string of the molecule is CNc1nc(SC(C)C(C)O)c(F)cc1F. The fourth-order valence-corrected chi connectivity index (χ4v) is 1.85. The van der Waals surface area contributed by atoms with Crippen molar-refractivity contribution in [3.8, 4) is 0 Å². The molecule has 0 radical (unpaired) electrons. The molecule has 0 aliphatic rings. The zero-order chi connectivity index (χ0) is 12.3. The van der Waals surface area contributed by atoms with E-state index in [0.717, 1.165) is 17.8 Å². The Labute approximate surface area is 97.3 Å². The number of thioether (sulfide) groups is 1. The summed E-state index contributed by atoms with van der Waals surface area (Å²) in [5, 5.41) is 11.7. The van der Waals surface area contributed by atoms with Crippen molar-refractivity contribution in [2.75, 3.05) is 12.4 Å². The topological polar surface area (TPSA) is 45.2 Å². The molecular formula is C10H14F2N2OS. The fraction of sp³-hybridized carbons (Fsp3) is 0.500. The minimum atomic E-state index is -0.728. The van der Waals surface area contributed by atoms with Gasteiger partial charge in [-0.05, 0) is 6.92 Å². The van der Waals surface area contributed by atoms with E-state index >= 15 is 0 Å². The van der Waals surface area contributed by atoms with E-state index in [4.69, 9.17) is 0 Å². The van der Waals surface area contributed by atoms with Crippen molar-refractivity contribution in [3.05, 3.63) is 17.7 Å². The van der Waals surface area contributed by atoms with Gasteiger partial charge in [-0.2, -0.15) is 0 Å². The number of aromatic nitrogens is 1. The van der Waals surface area contributed by atoms with E-state index in [2.05, 4.69) is 10.3 Å². The average Bonchev–Trinajstić information content (AvgIpc) is 2.21. The summed E-state index contributed by atoms with van der Waals surface area (Å²) < 4.78 is 26.5. The van der Waals surface area contributed by atoms with Crippen LogP contribution in [0.5, 0.6) is 0 Å². The lowest BCUT2D eigenvalue weighted by atomic mass is 10.3. The van der Waals surface area contributed by atoms with Crippen molar-refractivity contribution in [2.45, 2.75) is 30.2 Å². The number of anilines is 1. The minimum Gasteiger partial charge on any atom is -0.392 e. The van der Waals surface area contributed by atoms with E-state index in [1.54, 1.807) is 13.8 Å². The number of rotatable bonds is 4. The summed E-state index contributed by atoms with van der Waals surface area (Å²) in [6, 6.07) is 0.788. The van der Waals surface area contributed by atoms with Crippen LogP contribution in [0.1, 0.15) is 13.8 Å². The van der Waals surface area contributed by atoms with Crippen LogP contribution in [0.3, 0.4) is 0 Å². The molecule has 90 valence electrons. The van der Waals surface area contributed by atoms with E-state index < -0.39 is 17.7 Å². The van der Waals surface area contributed by atoms with Crippen LogP contribution in [-0.2, 0) is 0 Å². The Kier molecular flexibility index (Phi) is 4.49. The molecule has 1 heterocycles. The summed E-state index contributed by atoms with van der Waals surface area (Å²) in [7, 11) is 1.51. The van der Waals surface area contributed by atoms with Crippen LogP contribution in [0.2, 0.25) is 0 Å². The normalized spacial score (nSPS) is 14.6. The van der Waals surface area contributed by atoms with E-state index in [1.165, 1.54) is 7.05 Å². The summed E-state index contributed by atoms with van der Waals surface area (Å²) in [5.74, 6) is -1.44. The summed E-state index contributed by atoms with van der Waals surface area (Å²) in [6.45, 7) is 3.36. The van der Waals surface area contributed by atoms with Crippen LogP contribution < -0.4 is 5.32 Å². The van der Waals surface area contributed by atoms with Gasteiger partial charge in [-0.25, -0.2) is 13.8 Å². The van der Waals surface area contributed by atoms with Crippen molar-refractivity contribution >= 4 is 17.6 Å². The second-order valence-electron chi connectivity index (χ2n) is 3.42. The van der Waals surface area contributed by atoms with Crippen LogP contribution in [0.4, 0.5) is 14.6 Å². The molecule has 0 bridgehead atoms. The van der Waals surface area contributed by atoms with Gasteiger partial charge in [0.25, 0.3) is 0 Å². The van der Waals surface area contributed by atoms with Crippen molar-refractivity contribution < 1.29 is 13.9 Å². The third-order valence-electron chi connectivity index (χ3n) is 2.11. The molecule has 0 aromatic carbocycles. The smallest absolute Gasteiger partial charge is 0.168 e. The van der Waals surface area contributed by atoms with Crippen LogP contribution in [0.25, 0.3) is 0 Å². The first kappa shape index (κ1) is 13.2. The molecule has 16 heavy (non-hydrogen) atoms. The Morgan fingerprint density at radius 3 is 2.50 bits per heavy atom. The van der Waals surface area contributed by atoms with Gasteiger partial charge >= 0.3 is 0 Å². The molecule has 1 aromatic heterocycles. The maximum atomic E-state index is 13.4. The number of pyridine rings is 1. The molecule has 2 N–H and O–H groups in total. The second-order valence-corrected chi connectivity index (χ2v) is 4.79. The minimum absolute atomic E-state index is 0.00157. The van der Waals surface area contributed by atoms with Gasteiger partial charge in [-0.15, -0.1) is 0 Å². The standard InChI is InChI=1S/C10H14F2N2OS/c1-5(15)6(2)16-10-8(12)4-7(11)9(13-3)14-10/h4-6,15H,1-3H3,(H,13,14). The van der Waals surface area contributed by atoms with Gasteiger partial charge in [0.2, 0.25) is 0 Å². The Morgan fingerprint density at radius 2 is 2.00 bits per heavy atom. The van der Waals surface area contributed by atoms with Gasteiger partial charge in [0.05, 0.1) is 6.10 Å². The Balaban J connectivity index is 2.96. The molecule has 2 atom stereocenters. The van der Waals surface area contributed by atoms with Gasteiger partial charge in [0.1, 0.15) is 5.03 Å². The van der Waals surface area contributed by atoms with E-state index in [0.29, 0.717) is 0 Å². The van der Waals surface area contributed by atoms with E-state index in [9.17, 15) is 13.9 Å². The van der Waals surface area contributed by atoms with Gasteiger partial charge in [-0.3, -0.25) is 0 Å². The molecule has 0 aliphatic heterocycles. The molecule has 0 saturated heterocycles. The van der Waals surface area contributed by atoms with Gasteiger partial charge in [0.15, 0.2) is 17.5 Å². The Bertz CT molecular complexity index is 374. The molecule has 0 aliphatic carbocycles. The lowest BCUT2D eigenvalue weighted by molar-refractivity contribution is 0.196. The predicted octanol–water partition coefficient (Wildman–Crippen LogP) is 2.26. The van der Waals surface area contributed by atoms with Crippen molar-refractivity contribution in [3.63, 3.8) is 0 Å². The predicted molar refractivity (Wildman–Crippen MR) is 60.7 cm³/mol. The van der Waals surface area contributed by atoms with Crippen LogP contribution >= 0.6 is 11.8 Å². The highest BCUT2D eigenvalue weighted by Gasteiger charge is 2.17. The second kappa shape index (κ2) is 5.45. The van der Waals surface area contributed by atoms with Gasteiger partial charge in [-0.1, -0.05) is 18.7 Å². The summed E-state index contributed by atoms with van der Waals surface area (Å²) in [6.07, 6.45) is -0.589. The van der Waals surface area contributed by atoms with Gasteiger partial charge < -0.3 is 10.4 Å². The number of aliphatic hydroxyl groups is 1. The molecular weight excluding hydrogens is 234 g/mol. The fourth-order valence-electron chi connectivity index (χ4n) is 0.982. The number of aliphatic hydroxyl groups excluding tert-OH is 1. The third-order valence-corrected chi connectivity index (χ3v) is 3.39. The average molecular weight is 248 g/mol. The molecule has 1 rings (SSSR count). The quantitative estimate of drug-likeness (QED) is 0.802. The van der Waals surface area contributed by atoms with Crippen molar-refractivity contribution in [2.24, 2.45) is 0 Å². The maximum Gasteiger partial charge on any atom is 0.168 e. The van der Waals surface area contributed by atoms with Gasteiger partial charge in [0, 0.05) is 18.4 Å². The zero-order valence-corrected chi connectivity index (χ0v) is 10.1. The molecule has 2 unspecified atom stereocenters. The molecule has 6 heteroatoms. The summed E-state index contributed by atoms with van der Waals surface area (Å²) in [5.41, 5.74) is 0. The summed E-state index contributed by atoms with van der Waals surface area (Å²) >= 11 is 1.07. The highest BCUT2D eigenvalue weighted by atomic mass is 32.2. The number of nitrogens with zero attached hydrogens (tertiary/aromatic N) is 1. The molecule has 0 amide bonds. The van der Waals surface area contributed by atoms with Crippen molar-refractivity contribution in [1.29, 1.82) is 0 Å². The first-order valence-corrected chi connectivity index (χ1v) is 5.72. The highest BCUT2D eigenvalue weighted by molar-refractivity contribution is 7.99. The lowest BCUT2D eigenvalue weighted by Gasteiger charge is -2.14. The van der Waals surface area contributed by atoms with Crippen LogP contribution in [-0.4, -0.2) is 28.5 Å². The zero-order valence-electron chi connectivity index (χ0n) is 9.29. The first-order valence-electron chi connectivity index (χ1n) is 4.84. The Hall–Kier alpha value is -0.880. The monoisotopic (exact) mass is 248 g/mol. The van der Waals surface area contributed by atoms with E-state index in [1.807, 2.05) is 0 Å². The van der Waals surface area contributed by atoms with Crippen LogP contribution in [0, 0.1) is 11.6 Å². The highest BCUT2D eigenvalue weighted by Crippen LogP contribution is 2.28.